The summed E-state index contributed by atoms with van der Waals surface area (Å²) in [7, 11) is 0. The SMILES string of the molecule is CCCCC(=O)NCCCOCCOCCOCCCNCCCN1CCOC(O[C@H]2CCC34C[C@]35CCC3(C)C6CCC([C@H](OCC)C(C)(C)O)OC6CC3C5CCC4C2(C)C)C1.O=C1N[C@H]2CSC[C@H]2N1.SS. The predicted octanol–water partition coefficient (Wildman–Crippen LogP) is 8.07. The maximum atomic E-state index is 11.6. The van der Waals surface area contributed by atoms with Gasteiger partial charge in [0, 0.05) is 57.4 Å². The Kier molecular flexibility index (Phi) is 23.9. The molecular weight excluding hydrogens is 1010 g/mol. The van der Waals surface area contributed by atoms with Crippen molar-refractivity contribution in [2.45, 2.75) is 200 Å². The number of urea groups is 1. The van der Waals surface area contributed by atoms with Crippen LogP contribution in [-0.2, 0) is 38.0 Å². The van der Waals surface area contributed by atoms with Crippen molar-refractivity contribution >= 4 is 47.0 Å². The van der Waals surface area contributed by atoms with Gasteiger partial charge < -0.3 is 59.5 Å². The third kappa shape index (κ3) is 15.1. The Morgan fingerprint density at radius 2 is 1.53 bits per heavy atom. The van der Waals surface area contributed by atoms with E-state index < -0.39 is 5.60 Å². The number of carbonyl (C=O) groups is 2. The lowest BCUT2D eigenvalue weighted by atomic mass is 9.46. The third-order valence-corrected chi connectivity index (χ3v) is 21.0. The van der Waals surface area contributed by atoms with Crippen molar-refractivity contribution in [3.63, 3.8) is 0 Å². The monoisotopic (exact) mass is 1110 g/mol. The summed E-state index contributed by atoms with van der Waals surface area (Å²) in [5.74, 6) is 5.20. The normalized spacial score (nSPS) is 36.6. The van der Waals surface area contributed by atoms with Crippen LogP contribution in [0.2, 0.25) is 0 Å². The van der Waals surface area contributed by atoms with Crippen LogP contribution >= 0.6 is 35.1 Å². The fourth-order valence-corrected chi connectivity index (χ4v) is 17.5. The van der Waals surface area contributed by atoms with Gasteiger partial charge in [-0.1, -0.05) is 34.1 Å². The van der Waals surface area contributed by atoms with Gasteiger partial charge in [-0.2, -0.15) is 11.8 Å². The Bertz CT molecular complexity index is 1740. The first-order chi connectivity index (χ1) is 36.1. The van der Waals surface area contributed by atoms with Crippen LogP contribution in [0.1, 0.15) is 151 Å². The summed E-state index contributed by atoms with van der Waals surface area (Å²) in [5, 5.41) is 23.2. The van der Waals surface area contributed by atoms with Crippen LogP contribution in [0.5, 0.6) is 0 Å². The molecule has 434 valence electrons. The number of aliphatic hydroxyl groups is 1. The fraction of sp³-hybridized carbons (Fsp3) is 0.965. The van der Waals surface area contributed by atoms with Crippen LogP contribution in [-0.4, -0.2) is 174 Å². The van der Waals surface area contributed by atoms with Gasteiger partial charge in [-0.05, 0) is 176 Å². The van der Waals surface area contributed by atoms with Gasteiger partial charge >= 0.3 is 6.03 Å². The zero-order chi connectivity index (χ0) is 53.7. The number of carbonyl (C=O) groups excluding carboxylic acids is 2. The van der Waals surface area contributed by atoms with Gasteiger partial charge in [0.2, 0.25) is 5.91 Å². The molecule has 4 saturated heterocycles. The van der Waals surface area contributed by atoms with Crippen molar-refractivity contribution in [2.75, 3.05) is 104 Å². The highest BCUT2D eigenvalue weighted by Crippen LogP contribution is 2.87. The number of thioether (sulfide) groups is 1. The van der Waals surface area contributed by atoms with Crippen LogP contribution in [0.3, 0.4) is 0 Å². The summed E-state index contributed by atoms with van der Waals surface area (Å²) in [4.78, 5) is 24.8. The molecule has 5 aliphatic carbocycles. The molecule has 15 nitrogen and oxygen atoms in total. The smallest absolute Gasteiger partial charge is 0.315 e. The van der Waals surface area contributed by atoms with Crippen LogP contribution in [0.15, 0.2) is 0 Å². The van der Waals surface area contributed by atoms with Gasteiger partial charge in [0.25, 0.3) is 0 Å². The quantitative estimate of drug-likeness (QED) is 0.0183. The average Bonchev–Trinajstić information content (AvgIpc) is 3.55. The Morgan fingerprint density at radius 1 is 0.853 bits per heavy atom. The number of nitrogens with zero attached hydrogens (tertiary/aromatic N) is 1. The lowest BCUT2D eigenvalue weighted by Gasteiger charge is -2.60. The second kappa shape index (κ2) is 28.9. The summed E-state index contributed by atoms with van der Waals surface area (Å²) in [5.41, 5.74) is 0.590. The number of ether oxygens (including phenoxy) is 7. The molecule has 0 aromatic heterocycles. The highest BCUT2D eigenvalue weighted by Gasteiger charge is 2.81. The van der Waals surface area contributed by atoms with Crippen molar-refractivity contribution in [3.05, 3.63) is 0 Å². The van der Waals surface area contributed by atoms with Gasteiger partial charge in [0.05, 0.1) is 69.0 Å². The van der Waals surface area contributed by atoms with Crippen molar-refractivity contribution < 1.29 is 47.9 Å². The molecule has 9 fully saturated rings. The zero-order valence-electron chi connectivity index (χ0n) is 47.3. The first-order valence-corrected chi connectivity index (χ1v) is 32.4. The molecule has 9 rings (SSSR count). The van der Waals surface area contributed by atoms with E-state index in [-0.39, 0.29) is 42.0 Å². The largest absolute Gasteiger partial charge is 0.388 e. The molecule has 14 atom stereocenters. The van der Waals surface area contributed by atoms with Gasteiger partial charge in [0.1, 0.15) is 6.10 Å². The number of amides is 3. The predicted molar refractivity (Wildman–Crippen MR) is 305 cm³/mol. The van der Waals surface area contributed by atoms with E-state index in [1.165, 1.54) is 51.4 Å². The van der Waals surface area contributed by atoms with Crippen LogP contribution in [0.25, 0.3) is 0 Å². The Labute approximate surface area is 467 Å². The van der Waals surface area contributed by atoms with E-state index in [9.17, 15) is 14.7 Å². The van der Waals surface area contributed by atoms with Crippen LogP contribution in [0, 0.1) is 45.3 Å². The zero-order valence-corrected chi connectivity index (χ0v) is 50.0. The highest BCUT2D eigenvalue weighted by atomic mass is 33.1. The Balaban J connectivity index is 0.000000661. The fourth-order valence-electron chi connectivity index (χ4n) is 16.2. The molecule has 9 unspecified atom stereocenters. The molecule has 4 aliphatic heterocycles. The first-order valence-electron chi connectivity index (χ1n) is 29.7. The molecule has 9 aliphatic rings. The molecule has 4 heterocycles. The lowest BCUT2D eigenvalue weighted by Crippen LogP contribution is -2.56. The molecule has 3 amide bonds. The minimum atomic E-state index is -0.910. The number of hydrogen-bond acceptors (Lipinski definition) is 15. The highest BCUT2D eigenvalue weighted by molar-refractivity contribution is 8.59. The minimum absolute atomic E-state index is 0.00491. The number of thiol groups is 2. The van der Waals surface area contributed by atoms with E-state index in [0.29, 0.717) is 93.0 Å². The van der Waals surface area contributed by atoms with Gasteiger partial charge in [-0.3, -0.25) is 9.69 Å². The molecule has 75 heavy (non-hydrogen) atoms. The van der Waals surface area contributed by atoms with E-state index in [4.69, 9.17) is 33.2 Å². The third-order valence-electron chi connectivity index (χ3n) is 19.8. The van der Waals surface area contributed by atoms with E-state index in [0.717, 1.165) is 120 Å². The molecule has 5 N–H and O–H groups in total. The van der Waals surface area contributed by atoms with Gasteiger partial charge in [0.15, 0.2) is 6.29 Å². The van der Waals surface area contributed by atoms with Gasteiger partial charge in [-0.25, -0.2) is 4.79 Å². The molecule has 2 spiro atoms. The molecule has 0 bridgehead atoms. The van der Waals surface area contributed by atoms with Crippen LogP contribution < -0.4 is 21.3 Å². The molecule has 0 aromatic rings. The summed E-state index contributed by atoms with van der Waals surface area (Å²) in [6.45, 7) is 26.2. The number of unbranched alkanes of at least 4 members (excludes halogenated alkanes) is 1. The maximum Gasteiger partial charge on any atom is 0.315 e. The second-order valence-electron chi connectivity index (χ2n) is 25.1. The molecule has 0 aromatic carbocycles. The average molecular weight is 1110 g/mol. The van der Waals surface area contributed by atoms with Crippen molar-refractivity contribution in [1.29, 1.82) is 0 Å². The van der Waals surface area contributed by atoms with E-state index in [2.05, 4.69) is 77.2 Å². The van der Waals surface area contributed by atoms with E-state index in [1.807, 2.05) is 32.5 Å². The Morgan fingerprint density at radius 3 is 2.23 bits per heavy atom. The summed E-state index contributed by atoms with van der Waals surface area (Å²) >= 11 is 8.34. The standard InChI is InChI=1S/C52H93N3O9.C5H8N2OS.H2S2/c1-8-10-14-45(56)54-25-13-29-59-32-34-60-33-31-58-28-12-24-53-23-11-26-55-27-30-62-46(36-55)64-44-19-20-52-37-51(52)22-21-50(7)39-15-17-41(47(61-9-2)49(5,6)57)63-42(39)35-40(50)38(51)16-18-43(52)48(44,3)4;8-5-6-3-1-9-2-4(3)7-5;1-2/h38-44,46-47,53,57H,8-37H2,1-7H3,(H,54,56);3-4H,1-2H2,(H2,6,7,8);1-2H/t38?,39?,40?,41?,42?,43?,44-,46?,47-,50?,51-,52?;3-,4+;/m0../s1. The molecular formula is C57H103N5O10S3. The summed E-state index contributed by atoms with van der Waals surface area (Å²) < 4.78 is 43.5. The second-order valence-corrected chi connectivity index (χ2v) is 26.1. The number of hydrogen-bond donors (Lipinski definition) is 7. The van der Waals surface area contributed by atoms with Crippen molar-refractivity contribution in [2.24, 2.45) is 45.3 Å². The minimum Gasteiger partial charge on any atom is -0.388 e. The van der Waals surface area contributed by atoms with E-state index >= 15 is 0 Å². The lowest BCUT2D eigenvalue weighted by molar-refractivity contribution is -0.245. The molecule has 18 heteroatoms. The van der Waals surface area contributed by atoms with Gasteiger partial charge in [-0.15, -0.1) is 23.3 Å². The maximum absolute atomic E-state index is 11.6. The molecule has 0 radical (unpaired) electrons. The van der Waals surface area contributed by atoms with Crippen LogP contribution in [0.4, 0.5) is 4.79 Å². The number of fused-ring (bicyclic) bond motifs is 5. The topological polar surface area (TPSA) is 170 Å². The number of rotatable bonds is 27. The first kappa shape index (κ1) is 62.0. The Hall–Kier alpha value is -0.610. The van der Waals surface area contributed by atoms with Crippen molar-refractivity contribution in [3.8, 4) is 0 Å². The van der Waals surface area contributed by atoms with Crippen molar-refractivity contribution in [1.82, 2.24) is 26.2 Å². The summed E-state index contributed by atoms with van der Waals surface area (Å²) in [6.07, 6.45) is 18.4. The number of morpholine rings is 1. The molecule has 5 saturated carbocycles. The van der Waals surface area contributed by atoms with E-state index in [1.54, 1.807) is 0 Å². The number of nitrogens with one attached hydrogen (secondary N) is 4. The summed E-state index contributed by atoms with van der Waals surface area (Å²) in [6, 6.07) is 0.815.